The van der Waals surface area contributed by atoms with Gasteiger partial charge in [-0.25, -0.2) is 9.78 Å². The number of rotatable bonds is 3. The van der Waals surface area contributed by atoms with Crippen molar-refractivity contribution in [3.8, 4) is 0 Å². The molecular weight excluding hydrogens is 228 g/mol. The van der Waals surface area contributed by atoms with Crippen molar-refractivity contribution >= 4 is 6.03 Å². The van der Waals surface area contributed by atoms with Gasteiger partial charge in [-0.05, 0) is 39.5 Å². The molecule has 0 aliphatic heterocycles. The fourth-order valence-electron chi connectivity index (χ4n) is 2.37. The second-order valence-electron chi connectivity index (χ2n) is 5.17. The van der Waals surface area contributed by atoms with Gasteiger partial charge in [-0.15, -0.1) is 0 Å². The molecule has 0 aromatic carbocycles. The van der Waals surface area contributed by atoms with Crippen LogP contribution in [0.25, 0.3) is 0 Å². The molecule has 0 spiro atoms. The minimum atomic E-state index is -0.133. The van der Waals surface area contributed by atoms with Crippen molar-refractivity contribution in [2.24, 2.45) is 7.05 Å². The summed E-state index contributed by atoms with van der Waals surface area (Å²) in [5.74, 6) is 0.945. The molecule has 1 heterocycles. The van der Waals surface area contributed by atoms with Gasteiger partial charge in [0.05, 0.1) is 12.2 Å². The number of nitrogens with zero attached hydrogens (tertiary/aromatic N) is 2. The summed E-state index contributed by atoms with van der Waals surface area (Å²) < 4.78 is 2.13. The third-order valence-electron chi connectivity index (χ3n) is 3.29. The predicted octanol–water partition coefficient (Wildman–Crippen LogP) is 1.51. The van der Waals surface area contributed by atoms with Crippen LogP contribution in [0.1, 0.15) is 43.9 Å². The topological polar surface area (TPSA) is 59.0 Å². The molecule has 1 aliphatic rings. The third-order valence-corrected chi connectivity index (χ3v) is 3.29. The lowest BCUT2D eigenvalue weighted by atomic mass is 10.0. The third kappa shape index (κ3) is 2.83. The zero-order valence-corrected chi connectivity index (χ0v) is 11.4. The molecule has 0 fully saturated rings. The van der Waals surface area contributed by atoms with E-state index >= 15 is 0 Å². The summed E-state index contributed by atoms with van der Waals surface area (Å²) in [7, 11) is 2.04. The summed E-state index contributed by atoms with van der Waals surface area (Å²) in [6.07, 6.45) is 4.65. The van der Waals surface area contributed by atoms with E-state index in [1.807, 2.05) is 20.9 Å². The summed E-state index contributed by atoms with van der Waals surface area (Å²) in [5.41, 5.74) is 2.55. The van der Waals surface area contributed by atoms with E-state index < -0.39 is 0 Å². The molecule has 5 nitrogen and oxygen atoms in total. The van der Waals surface area contributed by atoms with Crippen LogP contribution in [0.15, 0.2) is 0 Å². The first kappa shape index (κ1) is 12.9. The summed E-state index contributed by atoms with van der Waals surface area (Å²) >= 11 is 0. The van der Waals surface area contributed by atoms with E-state index in [4.69, 9.17) is 0 Å². The molecular formula is C13H22N4O. The molecule has 1 aromatic rings. The van der Waals surface area contributed by atoms with E-state index in [0.29, 0.717) is 6.54 Å². The predicted molar refractivity (Wildman–Crippen MR) is 70.4 cm³/mol. The summed E-state index contributed by atoms with van der Waals surface area (Å²) in [4.78, 5) is 16.1. The molecule has 100 valence electrons. The number of aryl methyl sites for hydroxylation is 1. The van der Waals surface area contributed by atoms with Gasteiger partial charge in [-0.2, -0.15) is 0 Å². The molecule has 2 rings (SSSR count). The summed E-state index contributed by atoms with van der Waals surface area (Å²) in [6.45, 7) is 4.38. The molecule has 0 radical (unpaired) electrons. The van der Waals surface area contributed by atoms with Gasteiger partial charge in [0.15, 0.2) is 0 Å². The Bertz CT molecular complexity index is 436. The van der Waals surface area contributed by atoms with Crippen LogP contribution in [0, 0.1) is 0 Å². The highest BCUT2D eigenvalue weighted by Gasteiger charge is 2.17. The van der Waals surface area contributed by atoms with Crippen molar-refractivity contribution in [2.75, 3.05) is 0 Å². The van der Waals surface area contributed by atoms with Gasteiger partial charge < -0.3 is 15.2 Å². The fourth-order valence-corrected chi connectivity index (χ4v) is 2.37. The van der Waals surface area contributed by atoms with Gasteiger partial charge in [-0.1, -0.05) is 0 Å². The number of amides is 2. The first-order chi connectivity index (χ1) is 8.58. The maximum Gasteiger partial charge on any atom is 0.315 e. The number of fused-ring (bicyclic) bond motifs is 1. The Morgan fingerprint density at radius 2 is 2.11 bits per heavy atom. The zero-order chi connectivity index (χ0) is 13.1. The number of aromatic nitrogens is 2. The molecule has 5 heteroatoms. The van der Waals surface area contributed by atoms with Crippen molar-refractivity contribution < 1.29 is 4.79 Å². The maximum atomic E-state index is 11.5. The summed E-state index contributed by atoms with van der Waals surface area (Å²) in [6, 6.07) is 0.0190. The van der Waals surface area contributed by atoms with Gasteiger partial charge >= 0.3 is 6.03 Å². The quantitative estimate of drug-likeness (QED) is 0.854. The standard InChI is InChI=1S/C13H22N4O/c1-9(2)15-13(18)14-8-12-16-10-6-4-5-7-11(10)17(12)3/h9H,4-8H2,1-3H3,(H2,14,15,18). The van der Waals surface area contributed by atoms with Gasteiger partial charge in [0.25, 0.3) is 0 Å². The highest BCUT2D eigenvalue weighted by molar-refractivity contribution is 5.73. The second kappa shape index (κ2) is 5.42. The van der Waals surface area contributed by atoms with Gasteiger partial charge in [-0.3, -0.25) is 0 Å². The van der Waals surface area contributed by atoms with E-state index in [0.717, 1.165) is 18.7 Å². The van der Waals surface area contributed by atoms with Crippen LogP contribution < -0.4 is 10.6 Å². The van der Waals surface area contributed by atoms with Crippen molar-refractivity contribution in [3.05, 3.63) is 17.2 Å². The smallest absolute Gasteiger partial charge is 0.315 e. The number of nitrogens with one attached hydrogen (secondary N) is 2. The molecule has 18 heavy (non-hydrogen) atoms. The van der Waals surface area contributed by atoms with Crippen LogP contribution in [-0.4, -0.2) is 21.6 Å². The van der Waals surface area contributed by atoms with Crippen molar-refractivity contribution in [1.29, 1.82) is 0 Å². The number of imidazole rings is 1. The number of hydrogen-bond acceptors (Lipinski definition) is 2. The van der Waals surface area contributed by atoms with Crippen LogP contribution in [0.3, 0.4) is 0 Å². The van der Waals surface area contributed by atoms with Crippen LogP contribution in [0.2, 0.25) is 0 Å². The van der Waals surface area contributed by atoms with E-state index in [1.165, 1.54) is 24.2 Å². The minimum absolute atomic E-state index is 0.133. The molecule has 0 unspecified atom stereocenters. The molecule has 0 atom stereocenters. The van der Waals surface area contributed by atoms with Gasteiger partial charge in [0, 0.05) is 18.8 Å². The Hall–Kier alpha value is -1.52. The first-order valence-corrected chi connectivity index (χ1v) is 6.65. The Labute approximate surface area is 108 Å². The molecule has 0 saturated carbocycles. The molecule has 2 N–H and O–H groups in total. The van der Waals surface area contributed by atoms with Crippen LogP contribution in [0.4, 0.5) is 4.79 Å². The molecule has 1 aliphatic carbocycles. The Morgan fingerprint density at radius 3 is 2.78 bits per heavy atom. The normalized spacial score (nSPS) is 14.4. The first-order valence-electron chi connectivity index (χ1n) is 6.65. The number of urea groups is 1. The lowest BCUT2D eigenvalue weighted by Crippen LogP contribution is -2.39. The highest BCUT2D eigenvalue weighted by atomic mass is 16.2. The van der Waals surface area contributed by atoms with Crippen LogP contribution in [0.5, 0.6) is 0 Å². The largest absolute Gasteiger partial charge is 0.336 e. The maximum absolute atomic E-state index is 11.5. The fraction of sp³-hybridized carbons (Fsp3) is 0.692. The van der Waals surface area contributed by atoms with E-state index in [1.54, 1.807) is 0 Å². The Morgan fingerprint density at radius 1 is 1.39 bits per heavy atom. The molecule has 1 aromatic heterocycles. The van der Waals surface area contributed by atoms with Crippen LogP contribution >= 0.6 is 0 Å². The lowest BCUT2D eigenvalue weighted by Gasteiger charge is -2.12. The number of hydrogen-bond donors (Lipinski definition) is 2. The zero-order valence-electron chi connectivity index (χ0n) is 11.4. The lowest BCUT2D eigenvalue weighted by molar-refractivity contribution is 0.238. The average molecular weight is 250 g/mol. The second-order valence-corrected chi connectivity index (χ2v) is 5.17. The Balaban J connectivity index is 1.97. The minimum Gasteiger partial charge on any atom is -0.336 e. The highest BCUT2D eigenvalue weighted by Crippen LogP contribution is 2.20. The average Bonchev–Trinajstić information content (AvgIpc) is 2.64. The Kier molecular flexibility index (Phi) is 3.89. The van der Waals surface area contributed by atoms with Crippen molar-refractivity contribution in [2.45, 2.75) is 52.1 Å². The number of carbonyl (C=O) groups excluding carboxylic acids is 1. The molecule has 2 amide bonds. The number of carbonyl (C=O) groups is 1. The van der Waals surface area contributed by atoms with Crippen molar-refractivity contribution in [1.82, 2.24) is 20.2 Å². The molecule has 0 saturated heterocycles. The van der Waals surface area contributed by atoms with Crippen LogP contribution in [-0.2, 0) is 26.4 Å². The monoisotopic (exact) mass is 250 g/mol. The SMILES string of the molecule is CC(C)NC(=O)NCc1nc2c(n1C)CCCC2. The van der Waals surface area contributed by atoms with Gasteiger partial charge in [0.1, 0.15) is 5.82 Å². The van der Waals surface area contributed by atoms with Crippen molar-refractivity contribution in [3.63, 3.8) is 0 Å². The molecule has 0 bridgehead atoms. The van der Waals surface area contributed by atoms with E-state index in [9.17, 15) is 4.79 Å². The summed E-state index contributed by atoms with van der Waals surface area (Å²) in [5, 5.41) is 5.65. The van der Waals surface area contributed by atoms with Gasteiger partial charge in [0.2, 0.25) is 0 Å². The van der Waals surface area contributed by atoms with E-state index in [2.05, 4.69) is 20.2 Å². The van der Waals surface area contributed by atoms with E-state index in [-0.39, 0.29) is 12.1 Å².